The van der Waals surface area contributed by atoms with E-state index in [2.05, 4.69) is 16.0 Å². The van der Waals surface area contributed by atoms with Gasteiger partial charge in [-0.05, 0) is 17.7 Å². The summed E-state index contributed by atoms with van der Waals surface area (Å²) in [5.74, 6) is -2.37. The lowest BCUT2D eigenvalue weighted by atomic mass is 10.1. The number of benzene rings is 1. The van der Waals surface area contributed by atoms with E-state index >= 15 is 0 Å². The van der Waals surface area contributed by atoms with Crippen LogP contribution in [0.3, 0.4) is 0 Å². The standard InChI is InChI=1S/C13H13N3O5/c17-10-4-7-1-2-8(3-9(7)16-10)13(21)15-5-11(18)14-6-12(19)20/h1-3H,4-6H2,(H,14,18)(H,15,21)(H,16,17)(H,19,20). The quantitative estimate of drug-likeness (QED) is 0.560. The van der Waals surface area contributed by atoms with Crippen molar-refractivity contribution in [3.8, 4) is 0 Å². The Morgan fingerprint density at radius 1 is 1.19 bits per heavy atom. The van der Waals surface area contributed by atoms with Crippen LogP contribution in [-0.4, -0.2) is 41.9 Å². The molecule has 0 aliphatic carbocycles. The number of amides is 3. The summed E-state index contributed by atoms with van der Waals surface area (Å²) in [6.07, 6.45) is 0.287. The van der Waals surface area contributed by atoms with Gasteiger partial charge in [-0.2, -0.15) is 0 Å². The Labute approximate surface area is 119 Å². The molecule has 8 nitrogen and oxygen atoms in total. The van der Waals surface area contributed by atoms with Gasteiger partial charge < -0.3 is 21.1 Å². The number of hydrogen-bond acceptors (Lipinski definition) is 4. The molecule has 1 aromatic carbocycles. The lowest BCUT2D eigenvalue weighted by molar-refractivity contribution is -0.137. The third kappa shape index (κ3) is 3.78. The van der Waals surface area contributed by atoms with Crippen LogP contribution < -0.4 is 16.0 Å². The average Bonchev–Trinajstić information content (AvgIpc) is 2.81. The molecule has 3 amide bonds. The van der Waals surface area contributed by atoms with Crippen LogP contribution >= 0.6 is 0 Å². The molecule has 1 heterocycles. The summed E-state index contributed by atoms with van der Waals surface area (Å²) in [6, 6.07) is 4.76. The Morgan fingerprint density at radius 3 is 2.67 bits per heavy atom. The van der Waals surface area contributed by atoms with Gasteiger partial charge in [0.1, 0.15) is 6.54 Å². The number of nitrogens with one attached hydrogen (secondary N) is 3. The Hall–Kier alpha value is -2.90. The monoisotopic (exact) mass is 291 g/mol. The molecule has 0 spiro atoms. The van der Waals surface area contributed by atoms with Crippen molar-refractivity contribution >= 4 is 29.4 Å². The molecule has 4 N–H and O–H groups in total. The fourth-order valence-corrected chi connectivity index (χ4v) is 1.85. The number of aliphatic carboxylic acids is 1. The fourth-order valence-electron chi connectivity index (χ4n) is 1.85. The summed E-state index contributed by atoms with van der Waals surface area (Å²) >= 11 is 0. The number of fused-ring (bicyclic) bond motifs is 1. The normalized spacial score (nSPS) is 12.3. The van der Waals surface area contributed by atoms with Gasteiger partial charge in [-0.1, -0.05) is 6.07 Å². The van der Waals surface area contributed by atoms with Crippen molar-refractivity contribution in [1.82, 2.24) is 10.6 Å². The van der Waals surface area contributed by atoms with Crippen molar-refractivity contribution in [2.75, 3.05) is 18.4 Å². The molecule has 0 aromatic heterocycles. The van der Waals surface area contributed by atoms with Crippen LogP contribution in [0.1, 0.15) is 15.9 Å². The van der Waals surface area contributed by atoms with E-state index in [4.69, 9.17) is 5.11 Å². The molecule has 21 heavy (non-hydrogen) atoms. The van der Waals surface area contributed by atoms with Crippen LogP contribution in [-0.2, 0) is 20.8 Å². The number of carboxylic acid groups (broad SMARTS) is 1. The number of carboxylic acids is 1. The molecule has 110 valence electrons. The highest BCUT2D eigenvalue weighted by atomic mass is 16.4. The van der Waals surface area contributed by atoms with Crippen LogP contribution in [0.25, 0.3) is 0 Å². The first-order valence-corrected chi connectivity index (χ1v) is 6.15. The Bertz CT molecular complexity index is 626. The van der Waals surface area contributed by atoms with Gasteiger partial charge in [0.2, 0.25) is 11.8 Å². The molecular weight excluding hydrogens is 278 g/mol. The van der Waals surface area contributed by atoms with Crippen molar-refractivity contribution in [3.63, 3.8) is 0 Å². The van der Waals surface area contributed by atoms with Gasteiger partial charge in [0.25, 0.3) is 5.91 Å². The summed E-state index contributed by atoms with van der Waals surface area (Å²) in [4.78, 5) is 44.6. The van der Waals surface area contributed by atoms with Crippen molar-refractivity contribution in [1.29, 1.82) is 0 Å². The van der Waals surface area contributed by atoms with Crippen LogP contribution in [0.15, 0.2) is 18.2 Å². The van der Waals surface area contributed by atoms with Crippen LogP contribution in [0.2, 0.25) is 0 Å². The van der Waals surface area contributed by atoms with Gasteiger partial charge in [-0.25, -0.2) is 0 Å². The fraction of sp³-hybridized carbons (Fsp3) is 0.231. The van der Waals surface area contributed by atoms with E-state index in [9.17, 15) is 19.2 Å². The van der Waals surface area contributed by atoms with E-state index < -0.39 is 24.3 Å². The summed E-state index contributed by atoms with van der Waals surface area (Å²) < 4.78 is 0. The van der Waals surface area contributed by atoms with Crippen molar-refractivity contribution in [2.45, 2.75) is 6.42 Å². The summed E-state index contributed by atoms with van der Waals surface area (Å²) in [6.45, 7) is -0.824. The SMILES string of the molecule is O=C(O)CNC(=O)CNC(=O)c1ccc2c(c1)NC(=O)C2. The maximum absolute atomic E-state index is 11.8. The molecule has 1 aromatic rings. The molecule has 0 bridgehead atoms. The van der Waals surface area contributed by atoms with Gasteiger partial charge >= 0.3 is 5.97 Å². The van der Waals surface area contributed by atoms with Crippen LogP contribution in [0.4, 0.5) is 5.69 Å². The molecule has 1 aliphatic rings. The lowest BCUT2D eigenvalue weighted by Gasteiger charge is -2.07. The predicted molar refractivity (Wildman–Crippen MR) is 71.8 cm³/mol. The average molecular weight is 291 g/mol. The van der Waals surface area contributed by atoms with E-state index in [0.29, 0.717) is 11.3 Å². The maximum Gasteiger partial charge on any atom is 0.322 e. The molecule has 0 saturated heterocycles. The molecule has 1 aliphatic heterocycles. The number of hydrogen-bond donors (Lipinski definition) is 4. The molecule has 2 rings (SSSR count). The van der Waals surface area contributed by atoms with Gasteiger partial charge in [0, 0.05) is 11.3 Å². The van der Waals surface area contributed by atoms with Gasteiger partial charge in [-0.3, -0.25) is 19.2 Å². The lowest BCUT2D eigenvalue weighted by Crippen LogP contribution is -2.39. The first kappa shape index (κ1) is 14.5. The second-order valence-corrected chi connectivity index (χ2v) is 4.45. The summed E-state index contributed by atoms with van der Waals surface area (Å²) in [7, 11) is 0. The van der Waals surface area contributed by atoms with Crippen molar-refractivity contribution in [3.05, 3.63) is 29.3 Å². The largest absolute Gasteiger partial charge is 0.480 e. The number of carbonyl (C=O) groups is 4. The zero-order valence-electron chi connectivity index (χ0n) is 10.9. The van der Waals surface area contributed by atoms with E-state index in [1.54, 1.807) is 12.1 Å². The molecule has 0 saturated carbocycles. The third-order valence-corrected chi connectivity index (χ3v) is 2.84. The highest BCUT2D eigenvalue weighted by molar-refractivity contribution is 6.02. The second-order valence-electron chi connectivity index (χ2n) is 4.45. The van der Waals surface area contributed by atoms with Crippen molar-refractivity contribution < 1.29 is 24.3 Å². The van der Waals surface area contributed by atoms with Crippen molar-refractivity contribution in [2.24, 2.45) is 0 Å². The molecule has 0 radical (unpaired) electrons. The molecular formula is C13H13N3O5. The Kier molecular flexibility index (Phi) is 4.17. The van der Waals surface area contributed by atoms with Gasteiger partial charge in [0.05, 0.1) is 13.0 Å². The maximum atomic E-state index is 11.8. The number of rotatable bonds is 5. The Balaban J connectivity index is 1.89. The zero-order chi connectivity index (χ0) is 15.4. The van der Waals surface area contributed by atoms with E-state index in [0.717, 1.165) is 5.56 Å². The highest BCUT2D eigenvalue weighted by Gasteiger charge is 2.19. The minimum Gasteiger partial charge on any atom is -0.480 e. The second kappa shape index (κ2) is 6.04. The minimum atomic E-state index is -1.16. The van der Waals surface area contributed by atoms with E-state index in [1.165, 1.54) is 6.07 Å². The highest BCUT2D eigenvalue weighted by Crippen LogP contribution is 2.23. The Morgan fingerprint density at radius 2 is 1.95 bits per heavy atom. The van der Waals surface area contributed by atoms with E-state index in [-0.39, 0.29) is 18.9 Å². The van der Waals surface area contributed by atoms with Gasteiger partial charge in [-0.15, -0.1) is 0 Å². The number of anilines is 1. The summed E-state index contributed by atoms with van der Waals surface area (Å²) in [5.41, 5.74) is 1.71. The first-order valence-electron chi connectivity index (χ1n) is 6.15. The predicted octanol–water partition coefficient (Wildman–Crippen LogP) is -0.888. The number of carbonyl (C=O) groups excluding carboxylic acids is 3. The first-order chi connectivity index (χ1) is 9.95. The molecule has 0 unspecified atom stereocenters. The van der Waals surface area contributed by atoms with E-state index in [1.807, 2.05) is 0 Å². The topological polar surface area (TPSA) is 125 Å². The third-order valence-electron chi connectivity index (χ3n) is 2.84. The molecule has 0 fully saturated rings. The summed E-state index contributed by atoms with van der Waals surface area (Å²) in [5, 5.41) is 15.5. The molecule has 0 atom stereocenters. The van der Waals surface area contributed by atoms with Crippen LogP contribution in [0, 0.1) is 0 Å². The molecule has 8 heteroatoms. The smallest absolute Gasteiger partial charge is 0.322 e. The minimum absolute atomic E-state index is 0.129. The van der Waals surface area contributed by atoms with Crippen LogP contribution in [0.5, 0.6) is 0 Å². The van der Waals surface area contributed by atoms with Gasteiger partial charge in [0.15, 0.2) is 0 Å². The zero-order valence-corrected chi connectivity index (χ0v) is 10.9.